The van der Waals surface area contributed by atoms with E-state index in [1.54, 1.807) is 0 Å². The molecule has 0 amide bonds. The maximum absolute atomic E-state index is 10.1. The van der Waals surface area contributed by atoms with E-state index in [9.17, 15) is 10.2 Å². The van der Waals surface area contributed by atoms with Gasteiger partial charge in [-0.1, -0.05) is 38.5 Å². The Kier molecular flexibility index (Phi) is 5.93. The van der Waals surface area contributed by atoms with Crippen LogP contribution >= 0.6 is 0 Å². The maximum Gasteiger partial charge on any atom is 0.0667 e. The first-order valence-corrected chi connectivity index (χ1v) is 7.82. The van der Waals surface area contributed by atoms with Gasteiger partial charge in [0.05, 0.1) is 6.10 Å². The smallest absolute Gasteiger partial charge is 0.0667 e. The van der Waals surface area contributed by atoms with Gasteiger partial charge < -0.3 is 15.5 Å². The third-order valence-corrected chi connectivity index (χ3v) is 4.84. The molecular weight excluding hydrogens is 226 g/mol. The molecule has 3 N–H and O–H groups in total. The Bertz CT molecular complexity index is 229. The highest BCUT2D eigenvalue weighted by molar-refractivity contribution is 4.82. The Morgan fingerprint density at radius 1 is 1.00 bits per heavy atom. The molecule has 2 aliphatic rings. The summed E-state index contributed by atoms with van der Waals surface area (Å²) in [6, 6.07) is 0.418. The SMILES string of the molecule is OCC1CCCCC1NCC(O)CC1CCCC1. The maximum atomic E-state index is 10.1. The Hall–Kier alpha value is -0.120. The average Bonchev–Trinajstić information content (AvgIpc) is 2.89. The van der Waals surface area contributed by atoms with Crippen molar-refractivity contribution in [1.29, 1.82) is 0 Å². The van der Waals surface area contributed by atoms with Crippen LogP contribution in [-0.4, -0.2) is 35.5 Å². The van der Waals surface area contributed by atoms with Gasteiger partial charge in [0.25, 0.3) is 0 Å². The van der Waals surface area contributed by atoms with Crippen LogP contribution in [0.5, 0.6) is 0 Å². The van der Waals surface area contributed by atoms with E-state index in [1.807, 2.05) is 0 Å². The van der Waals surface area contributed by atoms with Gasteiger partial charge in [-0.2, -0.15) is 0 Å². The lowest BCUT2D eigenvalue weighted by Crippen LogP contribution is -2.43. The Balaban J connectivity index is 1.65. The summed E-state index contributed by atoms with van der Waals surface area (Å²) >= 11 is 0. The highest BCUT2D eigenvalue weighted by atomic mass is 16.3. The fourth-order valence-electron chi connectivity index (χ4n) is 3.70. The summed E-state index contributed by atoms with van der Waals surface area (Å²) in [5.41, 5.74) is 0. The van der Waals surface area contributed by atoms with Crippen LogP contribution in [0.25, 0.3) is 0 Å². The summed E-state index contributed by atoms with van der Waals surface area (Å²) in [7, 11) is 0. The van der Waals surface area contributed by atoms with Crippen molar-refractivity contribution >= 4 is 0 Å². The first-order valence-electron chi connectivity index (χ1n) is 7.82. The third kappa shape index (κ3) is 4.22. The molecule has 0 heterocycles. The zero-order chi connectivity index (χ0) is 12.8. The van der Waals surface area contributed by atoms with E-state index in [2.05, 4.69) is 5.32 Å². The molecule has 0 aliphatic heterocycles. The number of aliphatic hydroxyl groups excluding tert-OH is 2. The van der Waals surface area contributed by atoms with Gasteiger partial charge >= 0.3 is 0 Å². The fourth-order valence-corrected chi connectivity index (χ4v) is 3.70. The van der Waals surface area contributed by atoms with Gasteiger partial charge in [0.1, 0.15) is 0 Å². The molecule has 0 saturated heterocycles. The van der Waals surface area contributed by atoms with Crippen LogP contribution in [0.4, 0.5) is 0 Å². The second-order valence-corrected chi connectivity index (χ2v) is 6.28. The van der Waals surface area contributed by atoms with Crippen LogP contribution in [0, 0.1) is 11.8 Å². The van der Waals surface area contributed by atoms with Crippen molar-refractivity contribution in [3.8, 4) is 0 Å². The summed E-state index contributed by atoms with van der Waals surface area (Å²) in [5.74, 6) is 1.15. The molecule has 0 bridgehead atoms. The summed E-state index contributed by atoms with van der Waals surface area (Å²) < 4.78 is 0. The summed E-state index contributed by atoms with van der Waals surface area (Å²) in [6.07, 6.45) is 10.9. The van der Waals surface area contributed by atoms with Crippen LogP contribution in [0.2, 0.25) is 0 Å². The van der Waals surface area contributed by atoms with Crippen LogP contribution in [0.3, 0.4) is 0 Å². The number of hydrogen-bond acceptors (Lipinski definition) is 3. The molecule has 18 heavy (non-hydrogen) atoms. The van der Waals surface area contributed by atoms with E-state index in [-0.39, 0.29) is 12.7 Å². The zero-order valence-electron chi connectivity index (χ0n) is 11.5. The summed E-state index contributed by atoms with van der Waals surface area (Å²) in [5, 5.41) is 22.9. The van der Waals surface area contributed by atoms with E-state index < -0.39 is 0 Å². The normalized spacial score (nSPS) is 31.7. The highest BCUT2D eigenvalue weighted by Gasteiger charge is 2.25. The van der Waals surface area contributed by atoms with Gasteiger partial charge in [0, 0.05) is 19.2 Å². The zero-order valence-corrected chi connectivity index (χ0v) is 11.5. The van der Waals surface area contributed by atoms with Crippen LogP contribution in [-0.2, 0) is 0 Å². The van der Waals surface area contributed by atoms with Gasteiger partial charge in [0.15, 0.2) is 0 Å². The average molecular weight is 255 g/mol. The minimum atomic E-state index is -0.200. The standard InChI is InChI=1S/C15H29NO2/c17-11-13-7-3-4-8-15(13)16-10-14(18)9-12-5-1-2-6-12/h12-18H,1-11H2. The van der Waals surface area contributed by atoms with Gasteiger partial charge in [-0.05, 0) is 31.1 Å². The molecule has 2 rings (SSSR count). The number of aliphatic hydroxyl groups is 2. The lowest BCUT2D eigenvalue weighted by molar-refractivity contribution is 0.112. The molecule has 3 heteroatoms. The van der Waals surface area contributed by atoms with Crippen molar-refractivity contribution in [2.75, 3.05) is 13.2 Å². The van der Waals surface area contributed by atoms with Crippen molar-refractivity contribution in [1.82, 2.24) is 5.32 Å². The van der Waals surface area contributed by atoms with Crippen molar-refractivity contribution < 1.29 is 10.2 Å². The Morgan fingerprint density at radius 2 is 1.67 bits per heavy atom. The van der Waals surface area contributed by atoms with E-state index in [4.69, 9.17) is 0 Å². The van der Waals surface area contributed by atoms with E-state index in [0.717, 1.165) is 25.2 Å². The molecule has 106 valence electrons. The molecule has 0 aromatic rings. The minimum absolute atomic E-state index is 0.200. The quantitative estimate of drug-likeness (QED) is 0.681. The second kappa shape index (κ2) is 7.46. The molecule has 0 aromatic heterocycles. The van der Waals surface area contributed by atoms with Gasteiger partial charge in [-0.25, -0.2) is 0 Å². The van der Waals surface area contributed by atoms with Gasteiger partial charge in [-0.15, -0.1) is 0 Å². The first-order chi connectivity index (χ1) is 8.79. The molecule has 2 saturated carbocycles. The molecule has 2 aliphatic carbocycles. The number of nitrogens with one attached hydrogen (secondary N) is 1. The van der Waals surface area contributed by atoms with Crippen LogP contribution in [0.1, 0.15) is 57.8 Å². The third-order valence-electron chi connectivity index (χ3n) is 4.84. The molecule has 3 atom stereocenters. The molecule has 0 aromatic carbocycles. The van der Waals surface area contributed by atoms with E-state index in [1.165, 1.54) is 38.5 Å². The predicted octanol–water partition coefficient (Wildman–Crippen LogP) is 2.07. The predicted molar refractivity (Wildman–Crippen MR) is 73.4 cm³/mol. The monoisotopic (exact) mass is 255 g/mol. The molecule has 3 unspecified atom stereocenters. The lowest BCUT2D eigenvalue weighted by atomic mass is 9.85. The second-order valence-electron chi connectivity index (χ2n) is 6.28. The molecule has 3 nitrogen and oxygen atoms in total. The number of rotatable bonds is 6. The highest BCUT2D eigenvalue weighted by Crippen LogP contribution is 2.29. The minimum Gasteiger partial charge on any atom is -0.396 e. The van der Waals surface area contributed by atoms with Crippen LogP contribution < -0.4 is 5.32 Å². The number of hydrogen-bond donors (Lipinski definition) is 3. The van der Waals surface area contributed by atoms with Crippen molar-refractivity contribution in [2.24, 2.45) is 11.8 Å². The van der Waals surface area contributed by atoms with Crippen LogP contribution in [0.15, 0.2) is 0 Å². The molecule has 2 fully saturated rings. The Morgan fingerprint density at radius 3 is 2.39 bits per heavy atom. The fraction of sp³-hybridized carbons (Fsp3) is 1.00. The molecule has 0 radical (unpaired) electrons. The largest absolute Gasteiger partial charge is 0.396 e. The van der Waals surface area contributed by atoms with E-state index >= 15 is 0 Å². The topological polar surface area (TPSA) is 52.5 Å². The lowest BCUT2D eigenvalue weighted by Gasteiger charge is -2.32. The molecule has 0 spiro atoms. The van der Waals surface area contributed by atoms with Gasteiger partial charge in [-0.3, -0.25) is 0 Å². The summed E-state index contributed by atoms with van der Waals surface area (Å²) in [4.78, 5) is 0. The van der Waals surface area contributed by atoms with Crippen molar-refractivity contribution in [2.45, 2.75) is 69.9 Å². The first kappa shape index (κ1) is 14.3. The van der Waals surface area contributed by atoms with Crippen molar-refractivity contribution in [3.05, 3.63) is 0 Å². The van der Waals surface area contributed by atoms with Crippen molar-refractivity contribution in [3.63, 3.8) is 0 Å². The molecular formula is C15H29NO2. The Labute approximate surface area is 111 Å². The summed E-state index contributed by atoms with van der Waals surface area (Å²) in [6.45, 7) is 0.994. The van der Waals surface area contributed by atoms with Gasteiger partial charge in [0.2, 0.25) is 0 Å². The van der Waals surface area contributed by atoms with E-state index in [0.29, 0.717) is 18.5 Å².